The molecule has 0 unspecified atom stereocenters. The van der Waals surface area contributed by atoms with E-state index in [1.54, 1.807) is 12.1 Å². The molecule has 2 aromatic heterocycles. The van der Waals surface area contributed by atoms with Gasteiger partial charge < -0.3 is 9.42 Å². The van der Waals surface area contributed by atoms with Crippen molar-refractivity contribution >= 4 is 51.3 Å². The highest BCUT2D eigenvalue weighted by Crippen LogP contribution is 2.28. The molecule has 4 heterocycles. The number of hydrogen-bond donors (Lipinski definition) is 0. The van der Waals surface area contributed by atoms with Gasteiger partial charge in [0.2, 0.25) is 11.8 Å². The van der Waals surface area contributed by atoms with Crippen molar-refractivity contribution in [3.63, 3.8) is 0 Å². The Morgan fingerprint density at radius 2 is 1.84 bits per heavy atom. The largest absolute Gasteiger partial charge is 0.343 e. The predicted octanol–water partition coefficient (Wildman–Crippen LogP) is 2.27. The average molecular weight is 510 g/mol. The smallest absolute Gasteiger partial charge is 0.252 e. The lowest BCUT2D eigenvalue weighted by molar-refractivity contribution is -0.130. The van der Waals surface area contributed by atoms with Crippen LogP contribution in [0.2, 0.25) is 4.34 Å². The van der Waals surface area contributed by atoms with E-state index in [4.69, 9.17) is 16.1 Å². The summed E-state index contributed by atoms with van der Waals surface area (Å²) in [6.07, 6.45) is 2.97. The number of carbonyl (C=O) groups is 1. The summed E-state index contributed by atoms with van der Waals surface area (Å²) in [6.45, 7) is 4.12. The first-order valence-electron chi connectivity index (χ1n) is 9.99. The van der Waals surface area contributed by atoms with Gasteiger partial charge in [0.25, 0.3) is 10.0 Å². The van der Waals surface area contributed by atoms with Gasteiger partial charge in [0.15, 0.2) is 5.82 Å². The Labute approximate surface area is 196 Å². The van der Waals surface area contributed by atoms with Crippen LogP contribution in [0.3, 0.4) is 0 Å². The summed E-state index contributed by atoms with van der Waals surface area (Å²) in [5, 5.41) is 4.01. The minimum absolute atomic E-state index is 0. The fourth-order valence-electron chi connectivity index (χ4n) is 3.69. The van der Waals surface area contributed by atoms with Crippen molar-refractivity contribution in [2.75, 3.05) is 39.3 Å². The molecule has 13 heteroatoms. The van der Waals surface area contributed by atoms with Crippen LogP contribution in [0.15, 0.2) is 20.9 Å². The Morgan fingerprint density at radius 3 is 2.48 bits per heavy atom. The van der Waals surface area contributed by atoms with Crippen LogP contribution in [-0.4, -0.2) is 77.8 Å². The zero-order valence-electron chi connectivity index (χ0n) is 16.9. The van der Waals surface area contributed by atoms with Crippen molar-refractivity contribution in [3.8, 4) is 0 Å². The van der Waals surface area contributed by atoms with Crippen LogP contribution >= 0.6 is 35.3 Å². The maximum Gasteiger partial charge on any atom is 0.252 e. The highest BCUT2D eigenvalue weighted by molar-refractivity contribution is 7.91. The molecular formula is C18H25Cl2N5O4S2. The summed E-state index contributed by atoms with van der Waals surface area (Å²) in [5.74, 6) is 1.16. The summed E-state index contributed by atoms with van der Waals surface area (Å²) < 4.78 is 32.9. The number of hydrogen-bond acceptors (Lipinski definition) is 8. The van der Waals surface area contributed by atoms with E-state index in [2.05, 4.69) is 15.0 Å². The fraction of sp³-hybridized carbons (Fsp3) is 0.611. The first-order chi connectivity index (χ1) is 14.4. The van der Waals surface area contributed by atoms with E-state index in [0.29, 0.717) is 61.6 Å². The molecule has 2 aliphatic heterocycles. The van der Waals surface area contributed by atoms with Gasteiger partial charge in [-0.25, -0.2) is 8.42 Å². The molecule has 0 aliphatic carbocycles. The molecular weight excluding hydrogens is 485 g/mol. The van der Waals surface area contributed by atoms with Crippen LogP contribution in [0.1, 0.15) is 31.0 Å². The number of thiophene rings is 1. The van der Waals surface area contributed by atoms with Gasteiger partial charge in [-0.2, -0.15) is 9.29 Å². The quantitative estimate of drug-likeness (QED) is 0.564. The number of halogens is 2. The fourth-order valence-corrected chi connectivity index (χ4v) is 6.75. The van der Waals surface area contributed by atoms with Crippen LogP contribution in [0, 0.1) is 0 Å². The Kier molecular flexibility index (Phi) is 8.33. The maximum absolute atomic E-state index is 12.7. The number of aryl methyl sites for hydroxylation is 1. The van der Waals surface area contributed by atoms with Crippen LogP contribution in [0.4, 0.5) is 0 Å². The van der Waals surface area contributed by atoms with Crippen LogP contribution in [-0.2, 0) is 27.8 Å². The van der Waals surface area contributed by atoms with Gasteiger partial charge in [0, 0.05) is 52.1 Å². The third-order valence-corrected chi connectivity index (χ3v) is 8.96. The van der Waals surface area contributed by atoms with Gasteiger partial charge >= 0.3 is 0 Å². The SMILES string of the molecule is Cl.O=C(CCc1nc(CN2CCN(S(=O)(=O)c3ccc(Cl)s3)CC2)no1)N1CCCC1. The van der Waals surface area contributed by atoms with Crippen molar-refractivity contribution < 1.29 is 17.7 Å². The molecule has 0 saturated carbocycles. The first kappa shape index (κ1) is 24.4. The van der Waals surface area contributed by atoms with Crippen LogP contribution in [0.25, 0.3) is 0 Å². The molecule has 0 bridgehead atoms. The van der Waals surface area contributed by atoms with E-state index < -0.39 is 10.0 Å². The molecule has 172 valence electrons. The van der Waals surface area contributed by atoms with Crippen molar-refractivity contribution in [2.24, 2.45) is 0 Å². The van der Waals surface area contributed by atoms with Crippen molar-refractivity contribution in [1.82, 2.24) is 24.2 Å². The summed E-state index contributed by atoms with van der Waals surface area (Å²) >= 11 is 6.95. The maximum atomic E-state index is 12.7. The van der Waals surface area contributed by atoms with Gasteiger partial charge in [0.05, 0.1) is 10.9 Å². The predicted molar refractivity (Wildman–Crippen MR) is 119 cm³/mol. The summed E-state index contributed by atoms with van der Waals surface area (Å²) in [7, 11) is -3.50. The van der Waals surface area contributed by atoms with Gasteiger partial charge in [-0.3, -0.25) is 9.69 Å². The zero-order chi connectivity index (χ0) is 21.1. The Bertz CT molecular complexity index is 983. The van der Waals surface area contributed by atoms with Gasteiger partial charge in [-0.1, -0.05) is 16.8 Å². The lowest BCUT2D eigenvalue weighted by Gasteiger charge is -2.32. The molecule has 9 nitrogen and oxygen atoms in total. The van der Waals surface area contributed by atoms with E-state index in [1.807, 2.05) is 4.90 Å². The topological polar surface area (TPSA) is 99.9 Å². The van der Waals surface area contributed by atoms with Gasteiger partial charge in [-0.15, -0.1) is 23.7 Å². The summed E-state index contributed by atoms with van der Waals surface area (Å²) in [5.41, 5.74) is 0. The minimum atomic E-state index is -3.50. The monoisotopic (exact) mass is 509 g/mol. The Hall–Kier alpha value is -1.24. The van der Waals surface area contributed by atoms with Gasteiger partial charge in [0.1, 0.15) is 4.21 Å². The summed E-state index contributed by atoms with van der Waals surface area (Å²) in [6, 6.07) is 3.14. The molecule has 0 spiro atoms. The standard InChI is InChI=1S/C18H24ClN5O4S2.ClH/c19-14-3-6-18(29-14)30(26,27)24-11-9-22(10-12-24)13-15-20-16(28-21-15)4-5-17(25)23-7-1-2-8-23;/h3,6H,1-2,4-5,7-13H2;1H. The summed E-state index contributed by atoms with van der Waals surface area (Å²) in [4.78, 5) is 20.5. The van der Waals surface area contributed by atoms with Crippen LogP contribution in [0.5, 0.6) is 0 Å². The Morgan fingerprint density at radius 1 is 1.13 bits per heavy atom. The number of rotatable bonds is 7. The van der Waals surface area contributed by atoms with E-state index in [0.717, 1.165) is 37.3 Å². The third kappa shape index (κ3) is 5.96. The molecule has 0 aromatic carbocycles. The number of amides is 1. The molecule has 0 atom stereocenters. The van der Waals surface area contributed by atoms with Crippen LogP contribution < -0.4 is 0 Å². The molecule has 2 saturated heterocycles. The molecule has 0 N–H and O–H groups in total. The number of piperazine rings is 1. The second-order valence-corrected chi connectivity index (χ2v) is 11.3. The second kappa shape index (κ2) is 10.6. The molecule has 1 amide bonds. The molecule has 31 heavy (non-hydrogen) atoms. The molecule has 0 radical (unpaired) electrons. The van der Waals surface area contributed by atoms with Gasteiger partial charge in [-0.05, 0) is 25.0 Å². The average Bonchev–Trinajstić information content (AvgIpc) is 3.49. The van der Waals surface area contributed by atoms with E-state index in [9.17, 15) is 13.2 Å². The molecule has 2 aliphatic rings. The number of likely N-dealkylation sites (tertiary alicyclic amines) is 1. The van der Waals surface area contributed by atoms with Crippen molar-refractivity contribution in [3.05, 3.63) is 28.2 Å². The first-order valence-corrected chi connectivity index (χ1v) is 12.6. The Balaban J connectivity index is 0.00000272. The number of nitrogens with zero attached hydrogens (tertiary/aromatic N) is 5. The van der Waals surface area contributed by atoms with E-state index in [1.165, 1.54) is 4.31 Å². The minimum Gasteiger partial charge on any atom is -0.343 e. The highest BCUT2D eigenvalue weighted by atomic mass is 35.5. The highest BCUT2D eigenvalue weighted by Gasteiger charge is 2.30. The van der Waals surface area contributed by atoms with E-state index >= 15 is 0 Å². The lowest BCUT2D eigenvalue weighted by atomic mass is 10.3. The van der Waals surface area contributed by atoms with Crippen molar-refractivity contribution in [1.29, 1.82) is 0 Å². The zero-order valence-corrected chi connectivity index (χ0v) is 20.1. The number of sulfonamides is 1. The third-order valence-electron chi connectivity index (χ3n) is 5.36. The molecule has 4 rings (SSSR count). The van der Waals surface area contributed by atoms with E-state index in [-0.39, 0.29) is 22.5 Å². The molecule has 2 aromatic rings. The number of aromatic nitrogens is 2. The second-order valence-electron chi connectivity index (χ2n) is 7.43. The number of carbonyl (C=O) groups excluding carboxylic acids is 1. The lowest BCUT2D eigenvalue weighted by Crippen LogP contribution is -2.48. The van der Waals surface area contributed by atoms with Crippen molar-refractivity contribution in [2.45, 2.75) is 36.4 Å². The normalized spacial score (nSPS) is 18.3. The molecule has 2 fully saturated rings.